The molecule has 0 bridgehead atoms. The first-order valence-electron chi connectivity index (χ1n) is 4.83. The molecule has 1 N–H and O–H groups in total. The van der Waals surface area contributed by atoms with Crippen molar-refractivity contribution in [2.75, 3.05) is 13.2 Å². The topological polar surface area (TPSA) is 38.7 Å². The number of aliphatic hydroxyl groups excluding tert-OH is 1. The minimum atomic E-state index is 0.124. The van der Waals surface area contributed by atoms with Gasteiger partial charge in [0.2, 0.25) is 0 Å². The normalized spacial score (nSPS) is 9.67. The molecule has 0 fully saturated rings. The van der Waals surface area contributed by atoms with Gasteiger partial charge in [-0.1, -0.05) is 18.2 Å². The van der Waals surface area contributed by atoms with E-state index in [2.05, 4.69) is 0 Å². The summed E-state index contributed by atoms with van der Waals surface area (Å²) in [6, 6.07) is 9.25. The highest BCUT2D eigenvalue weighted by Crippen LogP contribution is 2.09. The van der Waals surface area contributed by atoms with Gasteiger partial charge in [-0.25, -0.2) is 0 Å². The van der Waals surface area contributed by atoms with E-state index >= 15 is 0 Å². The van der Waals surface area contributed by atoms with Crippen LogP contribution in [0.2, 0.25) is 0 Å². The van der Waals surface area contributed by atoms with Crippen molar-refractivity contribution >= 4 is 17.5 Å². The number of unbranched alkanes of at least 4 members (excludes halogenated alkanes) is 1. The summed E-state index contributed by atoms with van der Waals surface area (Å²) >= 11 is 4.88. The van der Waals surface area contributed by atoms with Gasteiger partial charge in [-0.3, -0.25) is 0 Å². The van der Waals surface area contributed by atoms with Gasteiger partial charge in [0.1, 0.15) is 5.75 Å². The van der Waals surface area contributed by atoms with E-state index in [1.54, 1.807) is 0 Å². The Morgan fingerprint density at radius 1 is 1.20 bits per heavy atom. The Bertz CT molecular complexity index is 287. The first-order valence-corrected chi connectivity index (χ1v) is 5.24. The van der Waals surface area contributed by atoms with Crippen LogP contribution in [0, 0.1) is 0 Å². The molecule has 4 heteroatoms. The number of para-hydroxylation sites is 1. The summed E-state index contributed by atoms with van der Waals surface area (Å²) in [5.74, 6) is 0.671. The summed E-state index contributed by atoms with van der Waals surface area (Å²) in [7, 11) is 0. The Balaban J connectivity index is 2.19. The molecule has 0 saturated heterocycles. The highest BCUT2D eigenvalue weighted by molar-refractivity contribution is 7.79. The van der Waals surface area contributed by atoms with Crippen molar-refractivity contribution in [1.29, 1.82) is 0 Å². The van der Waals surface area contributed by atoms with Crippen molar-refractivity contribution < 1.29 is 14.6 Å². The van der Waals surface area contributed by atoms with Gasteiger partial charge >= 0.3 is 5.24 Å². The van der Waals surface area contributed by atoms with E-state index < -0.39 is 0 Å². The van der Waals surface area contributed by atoms with Gasteiger partial charge in [0, 0.05) is 18.8 Å². The lowest BCUT2D eigenvalue weighted by Gasteiger charge is -2.07. The number of hydrogen-bond acceptors (Lipinski definition) is 4. The zero-order valence-corrected chi connectivity index (χ0v) is 9.20. The van der Waals surface area contributed by atoms with Gasteiger partial charge in [-0.2, -0.15) is 0 Å². The Hall–Kier alpha value is -1.13. The lowest BCUT2D eigenvalue weighted by atomic mass is 10.3. The Labute approximate surface area is 94.6 Å². The predicted molar refractivity (Wildman–Crippen MR) is 61.9 cm³/mol. The van der Waals surface area contributed by atoms with Gasteiger partial charge in [0.25, 0.3) is 0 Å². The van der Waals surface area contributed by atoms with Gasteiger partial charge in [-0.15, -0.1) is 0 Å². The second kappa shape index (κ2) is 7.20. The molecule has 3 nitrogen and oxygen atoms in total. The van der Waals surface area contributed by atoms with Crippen LogP contribution in [-0.2, 0) is 4.74 Å². The molecule has 0 aliphatic heterocycles. The van der Waals surface area contributed by atoms with E-state index in [9.17, 15) is 0 Å². The highest BCUT2D eigenvalue weighted by atomic mass is 32.1. The molecule has 0 spiro atoms. The molecular formula is C11H14O3S. The number of thiocarbonyl (C=S) groups is 1. The van der Waals surface area contributed by atoms with Crippen LogP contribution in [0.15, 0.2) is 30.3 Å². The zero-order valence-electron chi connectivity index (χ0n) is 8.39. The molecule has 0 atom stereocenters. The summed E-state index contributed by atoms with van der Waals surface area (Å²) in [6.07, 6.45) is 1.49. The molecule has 1 aromatic rings. The molecule has 1 aromatic carbocycles. The number of ether oxygens (including phenoxy) is 2. The van der Waals surface area contributed by atoms with Crippen LogP contribution in [0.3, 0.4) is 0 Å². The van der Waals surface area contributed by atoms with E-state index in [-0.39, 0.29) is 11.8 Å². The van der Waals surface area contributed by atoms with Crippen LogP contribution in [0.25, 0.3) is 0 Å². The molecule has 0 aliphatic rings. The smallest absolute Gasteiger partial charge is 0.357 e. The molecule has 15 heavy (non-hydrogen) atoms. The van der Waals surface area contributed by atoms with Crippen LogP contribution in [-0.4, -0.2) is 23.6 Å². The Morgan fingerprint density at radius 2 is 1.93 bits per heavy atom. The van der Waals surface area contributed by atoms with Crippen LogP contribution in [0.1, 0.15) is 12.8 Å². The Kier molecular flexibility index (Phi) is 5.73. The number of rotatable bonds is 5. The maximum absolute atomic E-state index is 8.55. The summed E-state index contributed by atoms with van der Waals surface area (Å²) < 4.78 is 10.4. The fourth-order valence-electron chi connectivity index (χ4n) is 0.984. The van der Waals surface area contributed by atoms with Crippen molar-refractivity contribution in [1.82, 2.24) is 0 Å². The zero-order chi connectivity index (χ0) is 10.9. The Morgan fingerprint density at radius 3 is 2.60 bits per heavy atom. The fraction of sp³-hybridized carbons (Fsp3) is 0.364. The monoisotopic (exact) mass is 226 g/mol. The lowest BCUT2D eigenvalue weighted by molar-refractivity contribution is 0.221. The highest BCUT2D eigenvalue weighted by Gasteiger charge is 1.99. The van der Waals surface area contributed by atoms with Gasteiger partial charge in [0.05, 0.1) is 6.61 Å². The minimum Gasteiger partial charge on any atom is -0.457 e. The molecule has 0 aliphatic carbocycles. The number of aliphatic hydroxyl groups is 1. The molecule has 0 saturated carbocycles. The second-order valence-corrected chi connectivity index (χ2v) is 3.28. The van der Waals surface area contributed by atoms with Crippen molar-refractivity contribution in [3.63, 3.8) is 0 Å². The molecule has 82 valence electrons. The molecule has 0 radical (unpaired) electrons. The lowest BCUT2D eigenvalue weighted by Crippen LogP contribution is -2.11. The third kappa shape index (κ3) is 5.34. The standard InChI is InChI=1S/C11H14O3S/c12-8-4-5-9-13-11(15)14-10-6-2-1-3-7-10/h1-3,6-7,12H,4-5,8-9H2. The maximum Gasteiger partial charge on any atom is 0.357 e. The molecular weight excluding hydrogens is 212 g/mol. The van der Waals surface area contributed by atoms with Crippen molar-refractivity contribution in [2.24, 2.45) is 0 Å². The van der Waals surface area contributed by atoms with Crippen molar-refractivity contribution in [3.8, 4) is 5.75 Å². The molecule has 0 unspecified atom stereocenters. The van der Waals surface area contributed by atoms with E-state index in [4.69, 9.17) is 26.8 Å². The number of benzene rings is 1. The second-order valence-electron chi connectivity index (χ2n) is 2.94. The van der Waals surface area contributed by atoms with Crippen molar-refractivity contribution in [2.45, 2.75) is 12.8 Å². The SMILES string of the molecule is OCCCCOC(=S)Oc1ccccc1. The predicted octanol–water partition coefficient (Wildman–Crippen LogP) is 2.14. The molecule has 0 amide bonds. The van der Waals surface area contributed by atoms with Gasteiger partial charge in [-0.05, 0) is 25.0 Å². The first kappa shape index (κ1) is 11.9. The first-order chi connectivity index (χ1) is 7.33. The van der Waals surface area contributed by atoms with Crippen LogP contribution >= 0.6 is 12.2 Å². The maximum atomic E-state index is 8.55. The minimum absolute atomic E-state index is 0.124. The third-order valence-corrected chi connectivity index (χ3v) is 1.92. The quantitative estimate of drug-likeness (QED) is 0.616. The third-order valence-electron chi connectivity index (χ3n) is 1.72. The van der Waals surface area contributed by atoms with E-state index in [0.717, 1.165) is 6.42 Å². The average Bonchev–Trinajstić information content (AvgIpc) is 2.26. The summed E-state index contributed by atoms with van der Waals surface area (Å²) in [4.78, 5) is 0. The number of hydrogen-bond donors (Lipinski definition) is 1. The average molecular weight is 226 g/mol. The molecule has 0 heterocycles. The molecule has 1 rings (SSSR count). The van der Waals surface area contributed by atoms with Gasteiger partial charge < -0.3 is 14.6 Å². The molecule has 0 aromatic heterocycles. The van der Waals surface area contributed by atoms with Crippen LogP contribution in [0.4, 0.5) is 0 Å². The largest absolute Gasteiger partial charge is 0.457 e. The summed E-state index contributed by atoms with van der Waals surface area (Å²) in [5.41, 5.74) is 0. The van der Waals surface area contributed by atoms with Crippen LogP contribution < -0.4 is 4.74 Å². The van der Waals surface area contributed by atoms with E-state index in [1.807, 2.05) is 30.3 Å². The van der Waals surface area contributed by atoms with Gasteiger partial charge in [0.15, 0.2) is 0 Å². The summed E-state index contributed by atoms with van der Waals surface area (Å²) in [5, 5.41) is 8.67. The van der Waals surface area contributed by atoms with Crippen molar-refractivity contribution in [3.05, 3.63) is 30.3 Å². The van der Waals surface area contributed by atoms with Crippen LogP contribution in [0.5, 0.6) is 5.75 Å². The summed E-state index contributed by atoms with van der Waals surface area (Å²) in [6.45, 7) is 0.655. The van der Waals surface area contributed by atoms with E-state index in [1.165, 1.54) is 0 Å². The van der Waals surface area contributed by atoms with E-state index in [0.29, 0.717) is 18.8 Å². The fourth-order valence-corrected chi connectivity index (χ4v) is 1.16.